The van der Waals surface area contributed by atoms with Crippen LogP contribution in [0.2, 0.25) is 0 Å². The van der Waals surface area contributed by atoms with Crippen LogP contribution in [0.3, 0.4) is 0 Å². The summed E-state index contributed by atoms with van der Waals surface area (Å²) < 4.78 is 0. The highest BCUT2D eigenvalue weighted by Crippen LogP contribution is 2.40. The summed E-state index contributed by atoms with van der Waals surface area (Å²) in [6.07, 6.45) is 10.5. The lowest BCUT2D eigenvalue weighted by Crippen LogP contribution is -2.53. The number of hydrogen-bond donors (Lipinski definition) is 2. The zero-order valence-corrected chi connectivity index (χ0v) is 12.4. The Balaban J connectivity index is 1.54. The highest BCUT2D eigenvalue weighted by molar-refractivity contribution is 5.03. The first-order valence-electron chi connectivity index (χ1n) is 8.40. The van der Waals surface area contributed by atoms with Gasteiger partial charge in [0.05, 0.1) is 6.61 Å². The largest absolute Gasteiger partial charge is 0.394 e. The molecular formula is C16H30N2O. The van der Waals surface area contributed by atoms with Gasteiger partial charge in [0, 0.05) is 17.6 Å². The molecule has 3 aliphatic rings. The molecule has 3 fully saturated rings. The van der Waals surface area contributed by atoms with E-state index < -0.39 is 0 Å². The Bertz CT molecular complexity index is 301. The SMILES string of the molecule is CCN(CCC1CCCC1(CO)NC1CC1)C1CC1. The van der Waals surface area contributed by atoms with Crippen molar-refractivity contribution in [1.29, 1.82) is 0 Å². The number of aliphatic hydroxyl groups is 1. The van der Waals surface area contributed by atoms with E-state index in [0.717, 1.165) is 6.04 Å². The number of rotatable bonds is 8. The molecule has 0 amide bonds. The molecule has 19 heavy (non-hydrogen) atoms. The van der Waals surface area contributed by atoms with Crippen LogP contribution < -0.4 is 5.32 Å². The Morgan fingerprint density at radius 1 is 1.21 bits per heavy atom. The van der Waals surface area contributed by atoms with Gasteiger partial charge in [0.2, 0.25) is 0 Å². The second-order valence-corrected chi connectivity index (χ2v) is 6.97. The standard InChI is InChI=1S/C16H30N2O/c1-2-18(15-7-8-15)11-9-13-4-3-10-16(13,12-19)17-14-5-6-14/h13-15,17,19H,2-12H2,1H3. The van der Waals surface area contributed by atoms with Gasteiger partial charge in [0.1, 0.15) is 0 Å². The van der Waals surface area contributed by atoms with E-state index in [2.05, 4.69) is 17.1 Å². The Morgan fingerprint density at radius 2 is 2.00 bits per heavy atom. The monoisotopic (exact) mass is 266 g/mol. The van der Waals surface area contributed by atoms with Gasteiger partial charge in [-0.1, -0.05) is 13.3 Å². The molecule has 110 valence electrons. The van der Waals surface area contributed by atoms with E-state index in [9.17, 15) is 5.11 Å². The number of nitrogens with one attached hydrogen (secondary N) is 1. The Hall–Kier alpha value is -0.120. The molecule has 2 N–H and O–H groups in total. The summed E-state index contributed by atoms with van der Waals surface area (Å²) in [7, 11) is 0. The van der Waals surface area contributed by atoms with Crippen molar-refractivity contribution in [2.75, 3.05) is 19.7 Å². The van der Waals surface area contributed by atoms with Crippen molar-refractivity contribution < 1.29 is 5.11 Å². The van der Waals surface area contributed by atoms with Crippen LogP contribution in [0, 0.1) is 5.92 Å². The van der Waals surface area contributed by atoms with Crippen molar-refractivity contribution in [3.05, 3.63) is 0 Å². The lowest BCUT2D eigenvalue weighted by Gasteiger charge is -2.36. The minimum absolute atomic E-state index is 0.0597. The number of aliphatic hydroxyl groups excluding tert-OH is 1. The van der Waals surface area contributed by atoms with Gasteiger partial charge >= 0.3 is 0 Å². The van der Waals surface area contributed by atoms with E-state index >= 15 is 0 Å². The molecular weight excluding hydrogens is 236 g/mol. The lowest BCUT2D eigenvalue weighted by molar-refractivity contribution is 0.109. The van der Waals surface area contributed by atoms with Gasteiger partial charge in [-0.15, -0.1) is 0 Å². The molecule has 3 aliphatic carbocycles. The first-order valence-corrected chi connectivity index (χ1v) is 8.40. The molecule has 0 aliphatic heterocycles. The molecule has 3 nitrogen and oxygen atoms in total. The van der Waals surface area contributed by atoms with E-state index in [-0.39, 0.29) is 5.54 Å². The maximum Gasteiger partial charge on any atom is 0.0616 e. The second-order valence-electron chi connectivity index (χ2n) is 6.97. The topological polar surface area (TPSA) is 35.5 Å². The first kappa shape index (κ1) is 13.8. The van der Waals surface area contributed by atoms with Crippen molar-refractivity contribution in [1.82, 2.24) is 10.2 Å². The zero-order valence-electron chi connectivity index (χ0n) is 12.4. The van der Waals surface area contributed by atoms with E-state index in [1.807, 2.05) is 0 Å². The van der Waals surface area contributed by atoms with Crippen LogP contribution in [0.15, 0.2) is 0 Å². The Morgan fingerprint density at radius 3 is 2.58 bits per heavy atom. The van der Waals surface area contributed by atoms with E-state index in [0.29, 0.717) is 18.6 Å². The second kappa shape index (κ2) is 5.71. The molecule has 0 aromatic heterocycles. The van der Waals surface area contributed by atoms with Gasteiger partial charge in [0.25, 0.3) is 0 Å². The van der Waals surface area contributed by atoms with Crippen LogP contribution in [0.1, 0.15) is 58.3 Å². The number of hydrogen-bond acceptors (Lipinski definition) is 3. The summed E-state index contributed by atoms with van der Waals surface area (Å²) in [5.74, 6) is 0.686. The Labute approximate surface area is 117 Å². The quantitative estimate of drug-likeness (QED) is 0.706. The predicted molar refractivity (Wildman–Crippen MR) is 78.2 cm³/mol. The number of nitrogens with zero attached hydrogens (tertiary/aromatic N) is 1. The van der Waals surface area contributed by atoms with Gasteiger partial charge in [-0.05, 0) is 64.0 Å². The summed E-state index contributed by atoms with van der Waals surface area (Å²) in [6, 6.07) is 1.59. The third-order valence-corrected chi connectivity index (χ3v) is 5.54. The molecule has 2 atom stereocenters. The van der Waals surface area contributed by atoms with Crippen LogP contribution in [-0.4, -0.2) is 47.3 Å². The fourth-order valence-electron chi connectivity index (χ4n) is 4.00. The van der Waals surface area contributed by atoms with E-state index in [4.69, 9.17) is 0 Å². The van der Waals surface area contributed by atoms with Crippen molar-refractivity contribution in [2.45, 2.75) is 75.9 Å². The summed E-state index contributed by atoms with van der Waals surface area (Å²) in [5.41, 5.74) is 0.0597. The van der Waals surface area contributed by atoms with E-state index in [1.54, 1.807) is 0 Å². The van der Waals surface area contributed by atoms with Crippen LogP contribution in [-0.2, 0) is 0 Å². The summed E-state index contributed by atoms with van der Waals surface area (Å²) in [6.45, 7) is 5.05. The van der Waals surface area contributed by atoms with Gasteiger partial charge in [-0.25, -0.2) is 0 Å². The van der Waals surface area contributed by atoms with Crippen molar-refractivity contribution in [3.63, 3.8) is 0 Å². The molecule has 0 radical (unpaired) electrons. The van der Waals surface area contributed by atoms with Crippen LogP contribution in [0.4, 0.5) is 0 Å². The molecule has 3 heteroatoms. The molecule has 0 spiro atoms. The smallest absolute Gasteiger partial charge is 0.0616 e. The Kier molecular flexibility index (Phi) is 4.16. The molecule has 2 unspecified atom stereocenters. The predicted octanol–water partition coefficient (Wildman–Crippen LogP) is 2.14. The first-order chi connectivity index (χ1) is 9.27. The summed E-state index contributed by atoms with van der Waals surface area (Å²) >= 11 is 0. The van der Waals surface area contributed by atoms with Crippen molar-refractivity contribution in [3.8, 4) is 0 Å². The normalized spacial score (nSPS) is 35.2. The fourth-order valence-corrected chi connectivity index (χ4v) is 4.00. The average molecular weight is 266 g/mol. The fraction of sp³-hybridized carbons (Fsp3) is 1.00. The van der Waals surface area contributed by atoms with Gasteiger partial charge in [0.15, 0.2) is 0 Å². The van der Waals surface area contributed by atoms with Crippen LogP contribution in [0.5, 0.6) is 0 Å². The lowest BCUT2D eigenvalue weighted by atomic mass is 9.85. The summed E-state index contributed by atoms with van der Waals surface area (Å²) in [4.78, 5) is 2.65. The molecule has 3 saturated carbocycles. The zero-order chi connectivity index (χ0) is 13.3. The molecule has 3 rings (SSSR count). The van der Waals surface area contributed by atoms with Gasteiger partial charge in [-0.3, -0.25) is 0 Å². The minimum Gasteiger partial charge on any atom is -0.394 e. The van der Waals surface area contributed by atoms with Gasteiger partial charge in [-0.2, -0.15) is 0 Å². The third kappa shape index (κ3) is 3.14. The maximum atomic E-state index is 9.93. The summed E-state index contributed by atoms with van der Waals surface area (Å²) in [5, 5.41) is 13.7. The molecule has 0 aromatic carbocycles. The molecule has 0 aromatic rings. The highest BCUT2D eigenvalue weighted by Gasteiger charge is 2.45. The molecule has 0 saturated heterocycles. The van der Waals surface area contributed by atoms with Crippen molar-refractivity contribution >= 4 is 0 Å². The minimum atomic E-state index is 0.0597. The average Bonchev–Trinajstić information content (AvgIpc) is 3.32. The van der Waals surface area contributed by atoms with Crippen molar-refractivity contribution in [2.24, 2.45) is 5.92 Å². The third-order valence-electron chi connectivity index (χ3n) is 5.54. The highest BCUT2D eigenvalue weighted by atomic mass is 16.3. The van der Waals surface area contributed by atoms with Crippen LogP contribution in [0.25, 0.3) is 0 Å². The molecule has 0 bridgehead atoms. The maximum absolute atomic E-state index is 9.93. The van der Waals surface area contributed by atoms with Crippen LogP contribution >= 0.6 is 0 Å². The van der Waals surface area contributed by atoms with E-state index in [1.165, 1.54) is 64.5 Å². The molecule has 0 heterocycles. The van der Waals surface area contributed by atoms with Gasteiger partial charge < -0.3 is 15.3 Å².